The summed E-state index contributed by atoms with van der Waals surface area (Å²) in [7, 11) is 1.62. The summed E-state index contributed by atoms with van der Waals surface area (Å²) in [4.78, 5) is 29.6. The van der Waals surface area contributed by atoms with Gasteiger partial charge in [-0.1, -0.05) is 23.9 Å². The summed E-state index contributed by atoms with van der Waals surface area (Å²) in [5.41, 5.74) is 1.29. The van der Waals surface area contributed by atoms with Crippen LogP contribution in [0.4, 0.5) is 4.39 Å². The molecule has 0 saturated carbocycles. The van der Waals surface area contributed by atoms with Gasteiger partial charge in [-0.15, -0.1) is 11.3 Å². The first-order chi connectivity index (χ1) is 12.4. The third-order valence-electron chi connectivity index (χ3n) is 3.62. The average molecular weight is 392 g/mol. The summed E-state index contributed by atoms with van der Waals surface area (Å²) in [6, 6.07) is 6.00. The van der Waals surface area contributed by atoms with Crippen LogP contribution in [0.15, 0.2) is 39.6 Å². The highest BCUT2D eigenvalue weighted by Gasteiger charge is 2.17. The number of hydrogen-bond acceptors (Lipinski definition) is 6. The van der Waals surface area contributed by atoms with Gasteiger partial charge in [0.25, 0.3) is 5.56 Å². The van der Waals surface area contributed by atoms with Gasteiger partial charge in [-0.3, -0.25) is 14.2 Å². The van der Waals surface area contributed by atoms with Gasteiger partial charge in [-0.25, -0.2) is 9.37 Å². The Balaban J connectivity index is 1.95. The fraction of sp³-hybridized carbons (Fsp3) is 0.278. The zero-order valence-electron chi connectivity index (χ0n) is 14.5. The standard InChI is InChI=1S/C18H17FN2O3S2/c1-10(2)24-14(22)9-26-18-20-16-15(17(23)21(18)3)13(8-25-16)11-4-6-12(19)7-5-11/h4-8,10H,9H2,1-3H3. The van der Waals surface area contributed by atoms with Crippen LogP contribution < -0.4 is 5.56 Å². The molecule has 0 bridgehead atoms. The second-order valence-electron chi connectivity index (χ2n) is 5.92. The van der Waals surface area contributed by atoms with Gasteiger partial charge in [0.05, 0.1) is 17.2 Å². The second kappa shape index (κ2) is 7.59. The number of rotatable bonds is 5. The van der Waals surface area contributed by atoms with Crippen LogP contribution in [0.5, 0.6) is 0 Å². The molecule has 0 saturated heterocycles. The van der Waals surface area contributed by atoms with E-state index in [1.54, 1.807) is 33.0 Å². The van der Waals surface area contributed by atoms with Gasteiger partial charge in [0.2, 0.25) is 0 Å². The Morgan fingerprint density at radius 2 is 2.04 bits per heavy atom. The van der Waals surface area contributed by atoms with Crippen molar-refractivity contribution in [2.45, 2.75) is 25.1 Å². The van der Waals surface area contributed by atoms with Crippen molar-refractivity contribution in [1.82, 2.24) is 9.55 Å². The smallest absolute Gasteiger partial charge is 0.316 e. The molecule has 0 fully saturated rings. The first-order valence-corrected chi connectivity index (χ1v) is 9.79. The molecule has 0 amide bonds. The average Bonchev–Trinajstić information content (AvgIpc) is 3.01. The van der Waals surface area contributed by atoms with E-state index >= 15 is 0 Å². The minimum Gasteiger partial charge on any atom is -0.462 e. The molecule has 0 radical (unpaired) electrons. The Kier molecular flexibility index (Phi) is 5.43. The van der Waals surface area contributed by atoms with Crippen LogP contribution in [-0.4, -0.2) is 27.4 Å². The molecular weight excluding hydrogens is 375 g/mol. The third kappa shape index (κ3) is 3.81. The first-order valence-electron chi connectivity index (χ1n) is 7.93. The van der Waals surface area contributed by atoms with E-state index in [1.807, 2.05) is 5.38 Å². The zero-order valence-corrected chi connectivity index (χ0v) is 16.1. The summed E-state index contributed by atoms with van der Waals surface area (Å²) in [5, 5.41) is 2.79. The molecule has 0 aliphatic carbocycles. The number of hydrogen-bond donors (Lipinski definition) is 0. The molecule has 0 atom stereocenters. The number of carbonyl (C=O) groups excluding carboxylic acids is 1. The number of thiophene rings is 1. The SMILES string of the molecule is CC(C)OC(=O)CSc1nc2scc(-c3ccc(F)cc3)c2c(=O)n1C. The molecule has 3 aromatic rings. The fourth-order valence-electron chi connectivity index (χ4n) is 2.44. The lowest BCUT2D eigenvalue weighted by Gasteiger charge is -2.09. The number of fused-ring (bicyclic) bond motifs is 1. The number of thioether (sulfide) groups is 1. The molecule has 2 aromatic heterocycles. The van der Waals surface area contributed by atoms with Gasteiger partial charge in [-0.2, -0.15) is 0 Å². The normalized spacial score (nSPS) is 11.3. The highest BCUT2D eigenvalue weighted by atomic mass is 32.2. The molecule has 26 heavy (non-hydrogen) atoms. The quantitative estimate of drug-likeness (QED) is 0.375. The van der Waals surface area contributed by atoms with Crippen LogP contribution in [0.25, 0.3) is 21.3 Å². The largest absolute Gasteiger partial charge is 0.462 e. The van der Waals surface area contributed by atoms with Crippen molar-refractivity contribution >= 4 is 39.3 Å². The Labute approximate surface area is 157 Å². The van der Waals surface area contributed by atoms with Gasteiger partial charge >= 0.3 is 5.97 Å². The van der Waals surface area contributed by atoms with Crippen molar-refractivity contribution in [3.8, 4) is 11.1 Å². The Morgan fingerprint density at radius 3 is 2.69 bits per heavy atom. The van der Waals surface area contributed by atoms with E-state index in [2.05, 4.69) is 4.98 Å². The summed E-state index contributed by atoms with van der Waals surface area (Å²) >= 11 is 2.51. The maximum atomic E-state index is 13.2. The van der Waals surface area contributed by atoms with E-state index in [4.69, 9.17) is 4.74 Å². The highest BCUT2D eigenvalue weighted by molar-refractivity contribution is 7.99. The number of carbonyl (C=O) groups is 1. The molecule has 2 heterocycles. The second-order valence-corrected chi connectivity index (χ2v) is 7.72. The number of ether oxygens (including phenoxy) is 1. The summed E-state index contributed by atoms with van der Waals surface area (Å²) < 4.78 is 19.7. The summed E-state index contributed by atoms with van der Waals surface area (Å²) in [6.07, 6.45) is -0.182. The Bertz CT molecular complexity index is 1010. The number of aromatic nitrogens is 2. The van der Waals surface area contributed by atoms with Crippen molar-refractivity contribution in [3.05, 3.63) is 45.8 Å². The maximum absolute atomic E-state index is 13.2. The van der Waals surface area contributed by atoms with E-state index < -0.39 is 0 Å². The lowest BCUT2D eigenvalue weighted by molar-refractivity contribution is -0.144. The number of benzene rings is 1. The molecule has 5 nitrogen and oxygen atoms in total. The fourth-order valence-corrected chi connectivity index (χ4v) is 4.19. The van der Waals surface area contributed by atoms with Crippen LogP contribution in [0, 0.1) is 5.82 Å². The Morgan fingerprint density at radius 1 is 1.35 bits per heavy atom. The lowest BCUT2D eigenvalue weighted by atomic mass is 10.1. The van der Waals surface area contributed by atoms with E-state index in [1.165, 1.54) is 39.8 Å². The molecule has 0 N–H and O–H groups in total. The van der Waals surface area contributed by atoms with Gasteiger partial charge in [0, 0.05) is 18.0 Å². The first kappa shape index (κ1) is 18.6. The van der Waals surface area contributed by atoms with Crippen LogP contribution in [0.2, 0.25) is 0 Å². The molecule has 1 aromatic carbocycles. The highest BCUT2D eigenvalue weighted by Crippen LogP contribution is 2.32. The van der Waals surface area contributed by atoms with Gasteiger partial charge < -0.3 is 4.74 Å². The summed E-state index contributed by atoms with van der Waals surface area (Å²) in [5.74, 6) is -0.594. The van der Waals surface area contributed by atoms with E-state index in [9.17, 15) is 14.0 Å². The number of nitrogens with zero attached hydrogens (tertiary/aromatic N) is 2. The lowest BCUT2D eigenvalue weighted by Crippen LogP contribution is -2.21. The van der Waals surface area contributed by atoms with Crippen molar-refractivity contribution in [2.24, 2.45) is 7.05 Å². The van der Waals surface area contributed by atoms with Crippen molar-refractivity contribution in [2.75, 3.05) is 5.75 Å². The minimum atomic E-state index is -0.350. The predicted molar refractivity (Wildman–Crippen MR) is 102 cm³/mol. The molecule has 0 unspecified atom stereocenters. The zero-order chi connectivity index (χ0) is 18.8. The molecule has 3 rings (SSSR count). The molecule has 8 heteroatoms. The van der Waals surface area contributed by atoms with Crippen molar-refractivity contribution in [1.29, 1.82) is 0 Å². The van der Waals surface area contributed by atoms with E-state index in [0.717, 1.165) is 11.1 Å². The number of esters is 1. The third-order valence-corrected chi connectivity index (χ3v) is 5.49. The van der Waals surface area contributed by atoms with Gasteiger partial charge in [0.1, 0.15) is 10.6 Å². The predicted octanol–water partition coefficient (Wildman–Crippen LogP) is 3.84. The summed E-state index contributed by atoms with van der Waals surface area (Å²) in [6.45, 7) is 3.57. The maximum Gasteiger partial charge on any atom is 0.316 e. The topological polar surface area (TPSA) is 61.2 Å². The van der Waals surface area contributed by atoms with Crippen LogP contribution in [0.1, 0.15) is 13.8 Å². The van der Waals surface area contributed by atoms with Crippen molar-refractivity contribution < 1.29 is 13.9 Å². The van der Waals surface area contributed by atoms with E-state index in [-0.39, 0.29) is 29.2 Å². The molecular formula is C18H17FN2O3S2. The number of halogens is 1. The van der Waals surface area contributed by atoms with Crippen LogP contribution in [-0.2, 0) is 16.6 Å². The monoisotopic (exact) mass is 392 g/mol. The van der Waals surface area contributed by atoms with Crippen molar-refractivity contribution in [3.63, 3.8) is 0 Å². The van der Waals surface area contributed by atoms with Crippen LogP contribution >= 0.6 is 23.1 Å². The van der Waals surface area contributed by atoms with Gasteiger partial charge in [0.15, 0.2) is 5.16 Å². The molecule has 0 aliphatic rings. The van der Waals surface area contributed by atoms with Gasteiger partial charge in [-0.05, 0) is 31.5 Å². The minimum absolute atomic E-state index is 0.0835. The van der Waals surface area contributed by atoms with E-state index in [0.29, 0.717) is 15.4 Å². The molecule has 0 aliphatic heterocycles. The Hall–Kier alpha value is -2.19. The molecule has 0 spiro atoms. The van der Waals surface area contributed by atoms with Crippen LogP contribution in [0.3, 0.4) is 0 Å². The molecule has 136 valence electrons.